The van der Waals surface area contributed by atoms with Gasteiger partial charge in [0.05, 0.1) is 0 Å². The van der Waals surface area contributed by atoms with Crippen molar-refractivity contribution in [2.45, 2.75) is 55.4 Å². The molecule has 1 N–H and O–H groups in total. The maximum absolute atomic E-state index is 3.69. The van der Waals surface area contributed by atoms with Crippen LogP contribution in [0.2, 0.25) is 0 Å². The van der Waals surface area contributed by atoms with Crippen LogP contribution in [0.3, 0.4) is 0 Å². The topological polar surface area (TPSA) is 12.0 Å². The summed E-state index contributed by atoms with van der Waals surface area (Å²) in [6, 6.07) is 0. The molecule has 0 spiro atoms. The van der Waals surface area contributed by atoms with Gasteiger partial charge in [0.1, 0.15) is 0 Å². The summed E-state index contributed by atoms with van der Waals surface area (Å²) >= 11 is 0. The average Bonchev–Trinajstić information content (AvgIpc) is 2.26. The standard InChI is InChI=1S/C17H31N/c1-10(2)14-9-18-17(13(7)8)16(12(5)6)15(14)11(3)4/h10-13,18H,9H2,1-8H3. The monoisotopic (exact) mass is 249 g/mol. The Balaban J connectivity index is 3.43. The first-order valence-corrected chi connectivity index (χ1v) is 7.48. The van der Waals surface area contributed by atoms with Crippen LogP contribution in [0, 0.1) is 23.7 Å². The Morgan fingerprint density at radius 3 is 1.50 bits per heavy atom. The molecule has 0 atom stereocenters. The first-order chi connectivity index (χ1) is 8.27. The predicted octanol–water partition coefficient (Wildman–Crippen LogP) is 4.76. The van der Waals surface area contributed by atoms with Gasteiger partial charge < -0.3 is 5.32 Å². The van der Waals surface area contributed by atoms with Gasteiger partial charge in [0, 0.05) is 12.2 Å². The molecule has 0 radical (unpaired) electrons. The quantitative estimate of drug-likeness (QED) is 0.757. The van der Waals surface area contributed by atoms with Gasteiger partial charge in [0.2, 0.25) is 0 Å². The molecule has 1 aliphatic heterocycles. The maximum Gasteiger partial charge on any atom is 0.0365 e. The molecule has 0 fully saturated rings. The van der Waals surface area contributed by atoms with Crippen molar-refractivity contribution in [3.63, 3.8) is 0 Å². The Bertz CT molecular complexity index is 318. The minimum Gasteiger partial charge on any atom is -0.384 e. The highest BCUT2D eigenvalue weighted by molar-refractivity contribution is 5.45. The molecule has 0 aromatic heterocycles. The molecule has 1 aliphatic rings. The fourth-order valence-corrected chi connectivity index (χ4v) is 3.03. The van der Waals surface area contributed by atoms with E-state index in [1.807, 2.05) is 0 Å². The van der Waals surface area contributed by atoms with Crippen LogP contribution in [0.5, 0.6) is 0 Å². The lowest BCUT2D eigenvalue weighted by molar-refractivity contribution is 0.556. The summed E-state index contributed by atoms with van der Waals surface area (Å²) in [6.45, 7) is 19.6. The van der Waals surface area contributed by atoms with E-state index in [1.54, 1.807) is 16.7 Å². The molecule has 1 nitrogen and oxygen atoms in total. The van der Waals surface area contributed by atoms with Crippen molar-refractivity contribution in [1.82, 2.24) is 5.32 Å². The highest BCUT2D eigenvalue weighted by atomic mass is 14.9. The van der Waals surface area contributed by atoms with Gasteiger partial charge in [-0.25, -0.2) is 0 Å². The summed E-state index contributed by atoms with van der Waals surface area (Å²) in [4.78, 5) is 0. The van der Waals surface area contributed by atoms with Crippen molar-refractivity contribution in [3.8, 4) is 0 Å². The van der Waals surface area contributed by atoms with Crippen molar-refractivity contribution in [2.75, 3.05) is 6.54 Å². The van der Waals surface area contributed by atoms with E-state index in [9.17, 15) is 0 Å². The van der Waals surface area contributed by atoms with Crippen molar-refractivity contribution < 1.29 is 0 Å². The summed E-state index contributed by atoms with van der Waals surface area (Å²) < 4.78 is 0. The summed E-state index contributed by atoms with van der Waals surface area (Å²) in [6.07, 6.45) is 0. The molecule has 0 aliphatic carbocycles. The first-order valence-electron chi connectivity index (χ1n) is 7.48. The SMILES string of the molecule is CC(C)C1=C(C(C)C)C(C(C)C)=C(C(C)C)NC1. The van der Waals surface area contributed by atoms with Gasteiger partial charge >= 0.3 is 0 Å². The third kappa shape index (κ3) is 2.99. The Morgan fingerprint density at radius 1 is 0.667 bits per heavy atom. The molecule has 1 rings (SSSR count). The number of rotatable bonds is 4. The second-order valence-corrected chi connectivity index (χ2v) is 6.74. The van der Waals surface area contributed by atoms with Crippen LogP contribution in [-0.2, 0) is 0 Å². The lowest BCUT2D eigenvalue weighted by Crippen LogP contribution is -2.32. The van der Waals surface area contributed by atoms with Crippen LogP contribution in [-0.4, -0.2) is 6.54 Å². The van der Waals surface area contributed by atoms with Crippen molar-refractivity contribution >= 4 is 0 Å². The zero-order valence-corrected chi connectivity index (χ0v) is 13.5. The van der Waals surface area contributed by atoms with Gasteiger partial charge in [0.25, 0.3) is 0 Å². The fraction of sp³-hybridized carbons (Fsp3) is 0.765. The molecule has 1 heteroatoms. The van der Waals surface area contributed by atoms with E-state index in [-0.39, 0.29) is 0 Å². The van der Waals surface area contributed by atoms with E-state index in [4.69, 9.17) is 0 Å². The largest absolute Gasteiger partial charge is 0.384 e. The minimum absolute atomic E-state index is 0.588. The molecular weight excluding hydrogens is 218 g/mol. The zero-order chi connectivity index (χ0) is 14.0. The summed E-state index contributed by atoms with van der Waals surface area (Å²) in [7, 11) is 0. The number of nitrogens with one attached hydrogen (secondary N) is 1. The molecule has 0 aromatic carbocycles. The third-order valence-electron chi connectivity index (χ3n) is 3.82. The van der Waals surface area contributed by atoms with E-state index in [2.05, 4.69) is 60.7 Å². The number of hydrogen-bond donors (Lipinski definition) is 1. The summed E-state index contributed by atoms with van der Waals surface area (Å²) in [5.74, 6) is 2.44. The molecule has 0 aromatic rings. The van der Waals surface area contributed by atoms with Crippen LogP contribution in [0.4, 0.5) is 0 Å². The second kappa shape index (κ2) is 5.95. The Hall–Kier alpha value is -0.720. The molecule has 0 saturated heterocycles. The highest BCUT2D eigenvalue weighted by Gasteiger charge is 2.27. The normalized spacial score (nSPS) is 17.6. The van der Waals surface area contributed by atoms with E-state index in [1.165, 1.54) is 5.70 Å². The van der Waals surface area contributed by atoms with E-state index >= 15 is 0 Å². The third-order valence-corrected chi connectivity index (χ3v) is 3.82. The second-order valence-electron chi connectivity index (χ2n) is 6.74. The van der Waals surface area contributed by atoms with Gasteiger partial charge in [-0.15, -0.1) is 0 Å². The minimum atomic E-state index is 0.588. The predicted molar refractivity (Wildman–Crippen MR) is 81.4 cm³/mol. The van der Waals surface area contributed by atoms with Crippen LogP contribution < -0.4 is 5.32 Å². The molecular formula is C17H31N. The Labute approximate surface area is 114 Å². The lowest BCUT2D eigenvalue weighted by atomic mass is 9.77. The summed E-state index contributed by atoms with van der Waals surface area (Å²) in [5.41, 5.74) is 6.29. The summed E-state index contributed by atoms with van der Waals surface area (Å²) in [5, 5.41) is 3.69. The molecule has 0 amide bonds. The maximum atomic E-state index is 3.69. The van der Waals surface area contributed by atoms with Gasteiger partial charge in [0.15, 0.2) is 0 Å². The molecule has 1 heterocycles. The Kier molecular flexibility index (Phi) is 5.07. The smallest absolute Gasteiger partial charge is 0.0365 e. The zero-order valence-electron chi connectivity index (χ0n) is 13.5. The number of allylic oxidation sites excluding steroid dienone is 3. The molecule has 0 bridgehead atoms. The molecule has 0 saturated carbocycles. The van der Waals surface area contributed by atoms with E-state index < -0.39 is 0 Å². The van der Waals surface area contributed by atoms with E-state index in [0.717, 1.165) is 6.54 Å². The van der Waals surface area contributed by atoms with Gasteiger partial charge in [-0.2, -0.15) is 0 Å². The number of dihydropyridines is 1. The van der Waals surface area contributed by atoms with Crippen LogP contribution >= 0.6 is 0 Å². The first kappa shape index (κ1) is 15.3. The van der Waals surface area contributed by atoms with Crippen LogP contribution in [0.15, 0.2) is 22.4 Å². The van der Waals surface area contributed by atoms with Crippen molar-refractivity contribution in [1.29, 1.82) is 0 Å². The molecule has 104 valence electrons. The van der Waals surface area contributed by atoms with Gasteiger partial charge in [-0.1, -0.05) is 55.4 Å². The number of hydrogen-bond acceptors (Lipinski definition) is 1. The molecule has 18 heavy (non-hydrogen) atoms. The van der Waals surface area contributed by atoms with Crippen molar-refractivity contribution in [2.24, 2.45) is 23.7 Å². The Morgan fingerprint density at radius 2 is 1.17 bits per heavy atom. The molecule has 0 unspecified atom stereocenters. The van der Waals surface area contributed by atoms with Gasteiger partial charge in [-0.05, 0) is 40.4 Å². The van der Waals surface area contributed by atoms with Crippen molar-refractivity contribution in [3.05, 3.63) is 22.4 Å². The van der Waals surface area contributed by atoms with Gasteiger partial charge in [-0.3, -0.25) is 0 Å². The highest BCUT2D eigenvalue weighted by Crippen LogP contribution is 2.37. The van der Waals surface area contributed by atoms with Crippen LogP contribution in [0.25, 0.3) is 0 Å². The average molecular weight is 249 g/mol. The lowest BCUT2D eigenvalue weighted by Gasteiger charge is -2.35. The van der Waals surface area contributed by atoms with E-state index in [0.29, 0.717) is 23.7 Å². The fourth-order valence-electron chi connectivity index (χ4n) is 3.03. The van der Waals surface area contributed by atoms with Crippen LogP contribution in [0.1, 0.15) is 55.4 Å².